The summed E-state index contributed by atoms with van der Waals surface area (Å²) in [7, 11) is 0. The third-order valence-electron chi connectivity index (χ3n) is 14.5. The predicted octanol–water partition coefficient (Wildman–Crippen LogP) is -16.3. The van der Waals surface area contributed by atoms with Crippen LogP contribution in [0.15, 0.2) is 0 Å². The molecule has 0 radical (unpaired) electrons. The maximum absolute atomic E-state index is 11.2. The van der Waals surface area contributed by atoms with E-state index >= 15 is 0 Å². The molecule has 0 saturated carbocycles. The van der Waals surface area contributed by atoms with E-state index in [1.54, 1.807) is 0 Å². The van der Waals surface area contributed by atoms with E-state index < -0.39 is 261 Å². The van der Waals surface area contributed by atoms with Gasteiger partial charge >= 0.3 is 0 Å². The van der Waals surface area contributed by atoms with Crippen LogP contribution in [0.2, 0.25) is 0 Å². The van der Waals surface area contributed by atoms with Gasteiger partial charge in [-0.3, -0.25) is 0 Å². The molecule has 0 aromatic rings. The fourth-order valence-electron chi connectivity index (χ4n) is 10.0. The Labute approximate surface area is 439 Å². The molecule has 23 aliphatic rings. The summed E-state index contributed by atoms with van der Waals surface area (Å²) >= 11 is 0. The van der Waals surface area contributed by atoms with Crippen LogP contribution in [0.1, 0.15) is 0 Å². The molecule has 456 valence electrons. The highest BCUT2D eigenvalue weighted by Gasteiger charge is 2.59. The fourth-order valence-corrected chi connectivity index (χ4v) is 10.0. The van der Waals surface area contributed by atoms with Crippen LogP contribution in [0.3, 0.4) is 0 Å². The lowest BCUT2D eigenvalue weighted by Gasteiger charge is -2.50. The molecule has 0 aliphatic carbocycles. The second-order valence-electron chi connectivity index (χ2n) is 19.6. The maximum Gasteiger partial charge on any atom is 0.187 e. The van der Waals surface area contributed by atoms with E-state index in [1.807, 2.05) is 0 Å². The quantitative estimate of drug-likeness (QED) is 0.113. The van der Waals surface area contributed by atoms with Gasteiger partial charge in [0.25, 0.3) is 0 Å². The number of hydrogen-bond acceptors (Lipinski definition) is 36. The van der Waals surface area contributed by atoms with Crippen LogP contribution < -0.4 is 0 Å². The average Bonchev–Trinajstić information content (AvgIpc) is 3.50. The zero-order valence-corrected chi connectivity index (χ0v) is 40.8. The lowest BCUT2D eigenvalue weighted by Crippen LogP contribution is -2.69. The van der Waals surface area contributed by atoms with Gasteiger partial charge in [-0.05, 0) is 0 Å². The Balaban J connectivity index is 0.000000649. The third kappa shape index (κ3) is 12.9. The first kappa shape index (κ1) is 64.1. The molecule has 0 spiro atoms. The second-order valence-corrected chi connectivity index (χ2v) is 19.6. The Morgan fingerprint density at radius 2 is 0.346 bits per heavy atom. The summed E-state index contributed by atoms with van der Waals surface area (Å²) < 4.78 is 72.4. The van der Waals surface area contributed by atoms with E-state index in [9.17, 15) is 91.9 Å². The highest BCUT2D eigenvalue weighted by atomic mass is 16.8. The Bertz CT molecular complexity index is 1520. The van der Waals surface area contributed by atoms with Gasteiger partial charge in [-0.25, -0.2) is 0 Å². The molecule has 36 heteroatoms. The van der Waals surface area contributed by atoms with Crippen LogP contribution in [0.25, 0.3) is 0 Å². The van der Waals surface area contributed by atoms with Crippen LogP contribution >= 0.6 is 0 Å². The number of ether oxygens (including phenoxy) is 13. The molecule has 23 fully saturated rings. The summed E-state index contributed by atoms with van der Waals surface area (Å²) in [5.74, 6) is 0. The van der Waals surface area contributed by atoms with Gasteiger partial charge in [0.1, 0.15) is 171 Å². The molecule has 36 nitrogen and oxygen atoms in total. The van der Waals surface area contributed by atoms with Gasteiger partial charge in [-0.2, -0.15) is 0 Å². The smallest absolute Gasteiger partial charge is 0.187 e. The number of aliphatic hydroxyl groups is 23. The lowest BCUT2D eigenvalue weighted by molar-refractivity contribution is -0.404. The molecule has 23 heterocycles. The van der Waals surface area contributed by atoms with Gasteiger partial charge in [-0.1, -0.05) is 0 Å². The fraction of sp³-hybridized carbons (Fsp3) is 1.00. The van der Waals surface area contributed by atoms with Gasteiger partial charge in [0, 0.05) is 0 Å². The van der Waals surface area contributed by atoms with E-state index in [-0.39, 0.29) is 0 Å². The Morgan fingerprint density at radius 3 is 0.513 bits per heavy atom. The summed E-state index contributed by atoms with van der Waals surface area (Å²) in [6, 6.07) is 0. The molecule has 0 aromatic heterocycles. The molecule has 23 saturated heterocycles. The maximum atomic E-state index is 11.2. The minimum Gasteiger partial charge on any atom is -0.394 e. The third-order valence-corrected chi connectivity index (χ3v) is 14.5. The van der Waals surface area contributed by atoms with E-state index in [1.165, 1.54) is 0 Å². The summed E-state index contributed by atoms with van der Waals surface area (Å²) in [5, 5.41) is 240. The van der Waals surface area contributed by atoms with Crippen molar-refractivity contribution in [3.8, 4) is 0 Å². The van der Waals surface area contributed by atoms with Gasteiger partial charge in [0.05, 0.1) is 46.2 Å². The Morgan fingerprint density at radius 1 is 0.167 bits per heavy atom. The molecular formula is C42H72O36. The second kappa shape index (κ2) is 27.5. The van der Waals surface area contributed by atoms with Crippen molar-refractivity contribution < 1.29 is 179 Å². The Hall–Kier alpha value is -1.44. The van der Waals surface area contributed by atoms with Crippen LogP contribution in [0, 0.1) is 0 Å². The zero-order valence-electron chi connectivity index (χ0n) is 40.8. The number of hydrogen-bond donors (Lipinski definition) is 23. The standard InChI is InChI=1S/C36H60O30.C6H12O6/c37-1-7-25-13(43)19(49)31(55-7)62-26-8(2-38)57-33(21(51)15(26)45)64-28-10(4-40)59-35(23(53)17(28)47)66-30-12(6-42)60-36(24(54)18(30)48)65-29-11(5-41)58-34(22(52)16(29)46)63-27-9(3-39)56-32(61-25)20(50)14(27)44;7-1-2-3(8)4(9)5(10)6(11)12-2/h7-54H,1-6H2;2-11H,1H2/t7-,8-,9-,10-,11-,12-,13-,14-,15-,16-,17-,18-,19-,20-,21-,22-,23-,24-,25-,26-,27-,28-,29-,30-,31-,32-,33-,34-,35-,36-;2-,3-,4+,5-,6+/m11/s1. The van der Waals surface area contributed by atoms with Crippen molar-refractivity contribution >= 4 is 0 Å². The number of rotatable bonds is 7. The SMILES string of the molecule is OC[C@H]1O[C@@H]2O[C@H]3[C@H](O)[C@@H](O)[C@@H](O[C@H]4[C@H](O)[C@@H](O)[C@@H](O[C@H]5[C@H](O)[C@@H](O)[C@@H](O[C@H]6[C@H](O)[C@@H](O)[C@@H](O[C@H]7[C@H](O)[C@@H](O)[C@@H](O[C@H]1[C@H](O)[C@H]2O)O[C@@H]7CO)O[C@@H]6CO)O[C@@H]5CO)O[C@@H]4CO)O[C@@H]3CO.OC[C@H]1O[C@H](O)[C@H](O)[C@@H](O)[C@@H]1O. The van der Waals surface area contributed by atoms with E-state index in [2.05, 4.69) is 4.74 Å². The molecule has 23 rings (SSSR count). The van der Waals surface area contributed by atoms with Crippen LogP contribution in [0.4, 0.5) is 0 Å². The van der Waals surface area contributed by atoms with Crippen molar-refractivity contribution in [2.45, 2.75) is 215 Å². The van der Waals surface area contributed by atoms with Gasteiger partial charge < -0.3 is 179 Å². The van der Waals surface area contributed by atoms with Crippen LogP contribution in [0.5, 0.6) is 0 Å². The molecule has 23 N–H and O–H groups in total. The highest BCUT2D eigenvalue weighted by molar-refractivity contribution is 5.01. The van der Waals surface area contributed by atoms with Crippen LogP contribution in [-0.2, 0) is 61.6 Å². The van der Waals surface area contributed by atoms with Crippen molar-refractivity contribution in [1.82, 2.24) is 0 Å². The normalized spacial score (nSPS) is 54.4. The molecule has 23 aliphatic heterocycles. The number of aliphatic hydroxyl groups excluding tert-OH is 23. The first-order valence-electron chi connectivity index (χ1n) is 24.7. The average molecular weight is 1150 g/mol. The molecule has 0 amide bonds. The van der Waals surface area contributed by atoms with Gasteiger partial charge in [-0.15, -0.1) is 0 Å². The largest absolute Gasteiger partial charge is 0.394 e. The predicted molar refractivity (Wildman–Crippen MR) is 232 cm³/mol. The zero-order chi connectivity index (χ0) is 57.3. The van der Waals surface area contributed by atoms with Crippen molar-refractivity contribution in [3.63, 3.8) is 0 Å². The van der Waals surface area contributed by atoms with Crippen molar-refractivity contribution in [2.24, 2.45) is 0 Å². The molecule has 78 heavy (non-hydrogen) atoms. The summed E-state index contributed by atoms with van der Waals surface area (Å²) in [6.07, 6.45) is -65.5. The highest BCUT2D eigenvalue weighted by Crippen LogP contribution is 2.38. The molecule has 0 aromatic carbocycles. The van der Waals surface area contributed by atoms with Crippen LogP contribution in [-0.4, -0.2) is 379 Å². The van der Waals surface area contributed by atoms with Gasteiger partial charge in [0.2, 0.25) is 0 Å². The topological polar surface area (TPSA) is 585 Å². The minimum absolute atomic E-state index is 0.526. The van der Waals surface area contributed by atoms with Crippen molar-refractivity contribution in [3.05, 3.63) is 0 Å². The lowest BCUT2D eigenvalue weighted by atomic mass is 9.94. The van der Waals surface area contributed by atoms with E-state index in [0.717, 1.165) is 0 Å². The first-order chi connectivity index (χ1) is 37.0. The minimum atomic E-state index is -2.15. The monoisotopic (exact) mass is 1150 g/mol. The molecule has 12 bridgehead atoms. The Kier molecular flexibility index (Phi) is 22.6. The molecule has 0 unspecified atom stereocenters. The van der Waals surface area contributed by atoms with E-state index in [4.69, 9.17) is 82.4 Å². The summed E-state index contributed by atoms with van der Waals surface area (Å²) in [4.78, 5) is 0. The van der Waals surface area contributed by atoms with Crippen molar-refractivity contribution in [2.75, 3.05) is 46.2 Å². The summed E-state index contributed by atoms with van der Waals surface area (Å²) in [6.45, 7) is -6.52. The van der Waals surface area contributed by atoms with E-state index in [0.29, 0.717) is 0 Å². The molecular weight excluding hydrogens is 1080 g/mol. The molecule has 35 atom stereocenters. The van der Waals surface area contributed by atoms with Crippen molar-refractivity contribution in [1.29, 1.82) is 0 Å². The summed E-state index contributed by atoms with van der Waals surface area (Å²) in [5.41, 5.74) is 0. The van der Waals surface area contributed by atoms with Gasteiger partial charge in [0.15, 0.2) is 44.0 Å². The first-order valence-corrected chi connectivity index (χ1v) is 24.7.